The minimum Gasteiger partial charge on any atom is -0.506 e. The largest absolute Gasteiger partial charge is 0.506 e. The molecule has 0 fully saturated rings. The third-order valence-corrected chi connectivity index (χ3v) is 4.26. The van der Waals surface area contributed by atoms with Crippen molar-refractivity contribution in [3.05, 3.63) is 35.4 Å². The molecule has 0 amide bonds. The van der Waals surface area contributed by atoms with Crippen LogP contribution in [0, 0.1) is 19.8 Å². The number of sulfonamides is 1. The number of anilines is 1. The van der Waals surface area contributed by atoms with E-state index in [-0.39, 0.29) is 17.1 Å². The molecule has 8 heteroatoms. The fourth-order valence-electron chi connectivity index (χ4n) is 1.84. The zero-order chi connectivity index (χ0) is 15.1. The van der Waals surface area contributed by atoms with Crippen molar-refractivity contribution in [3.8, 4) is 5.75 Å². The van der Waals surface area contributed by atoms with Crippen molar-refractivity contribution in [2.24, 2.45) is 7.05 Å². The smallest absolute Gasteiger partial charge is 0.268 e. The summed E-state index contributed by atoms with van der Waals surface area (Å²) in [7, 11) is -2.85. The van der Waals surface area contributed by atoms with E-state index in [4.69, 9.17) is 0 Å². The predicted molar refractivity (Wildman–Crippen MR) is 71.6 cm³/mol. The maximum absolute atomic E-state index is 13.8. The van der Waals surface area contributed by atoms with Crippen LogP contribution in [-0.2, 0) is 17.1 Å². The Morgan fingerprint density at radius 1 is 1.35 bits per heavy atom. The van der Waals surface area contributed by atoms with Gasteiger partial charge in [-0.05, 0) is 31.5 Å². The third-order valence-electron chi connectivity index (χ3n) is 2.77. The molecule has 2 aromatic rings. The number of halogens is 1. The highest BCUT2D eigenvalue weighted by atomic mass is 32.2. The van der Waals surface area contributed by atoms with Gasteiger partial charge < -0.3 is 5.11 Å². The van der Waals surface area contributed by atoms with Gasteiger partial charge in [0, 0.05) is 7.05 Å². The lowest BCUT2D eigenvalue weighted by Gasteiger charge is -2.09. The van der Waals surface area contributed by atoms with E-state index >= 15 is 0 Å². The van der Waals surface area contributed by atoms with Gasteiger partial charge in [0.2, 0.25) is 5.95 Å². The van der Waals surface area contributed by atoms with E-state index in [1.54, 1.807) is 13.0 Å². The second-order valence-corrected chi connectivity index (χ2v) is 6.07. The molecule has 2 rings (SSSR count). The summed E-state index contributed by atoms with van der Waals surface area (Å²) in [5.74, 6) is -1.19. The van der Waals surface area contributed by atoms with E-state index in [0.717, 1.165) is 10.2 Å². The van der Waals surface area contributed by atoms with Gasteiger partial charge in [-0.25, -0.2) is 13.1 Å². The number of phenolic OH excluding ortho intramolecular Hbond substituents is 1. The maximum atomic E-state index is 13.8. The van der Waals surface area contributed by atoms with Crippen LogP contribution in [-0.4, -0.2) is 23.3 Å². The van der Waals surface area contributed by atoms with Crippen LogP contribution in [0.4, 0.5) is 10.1 Å². The van der Waals surface area contributed by atoms with Crippen molar-refractivity contribution in [1.82, 2.24) is 9.78 Å². The van der Waals surface area contributed by atoms with Gasteiger partial charge in [0.25, 0.3) is 10.0 Å². The molecular weight excluding hydrogens is 285 g/mol. The van der Waals surface area contributed by atoms with Crippen LogP contribution < -0.4 is 4.72 Å². The normalized spacial score (nSPS) is 11.6. The molecule has 0 spiro atoms. The van der Waals surface area contributed by atoms with Crippen LogP contribution >= 0.6 is 0 Å². The summed E-state index contributed by atoms with van der Waals surface area (Å²) in [4.78, 5) is -0.527. The minimum atomic E-state index is -4.16. The van der Waals surface area contributed by atoms with E-state index < -0.39 is 20.9 Å². The maximum Gasteiger partial charge on any atom is 0.268 e. The number of hydrogen-bond donors (Lipinski definition) is 2. The number of nitrogens with one attached hydrogen (secondary N) is 1. The number of hydrogen-bond acceptors (Lipinski definition) is 4. The Balaban J connectivity index is 2.49. The first-order valence-electron chi connectivity index (χ1n) is 5.74. The van der Waals surface area contributed by atoms with Crippen LogP contribution in [0.25, 0.3) is 0 Å². The summed E-state index contributed by atoms with van der Waals surface area (Å²) in [5.41, 5.74) is 0.793. The molecule has 1 aromatic heterocycles. The fourth-order valence-corrected chi connectivity index (χ4v) is 3.18. The molecule has 0 saturated heterocycles. The van der Waals surface area contributed by atoms with Crippen molar-refractivity contribution in [3.63, 3.8) is 0 Å². The van der Waals surface area contributed by atoms with Crippen LogP contribution in [0.2, 0.25) is 0 Å². The fraction of sp³-hybridized carbons (Fsp3) is 0.250. The molecule has 1 aromatic carbocycles. The molecule has 20 heavy (non-hydrogen) atoms. The number of aromatic nitrogens is 2. The average Bonchev–Trinajstić information content (AvgIpc) is 2.58. The molecule has 0 unspecified atom stereocenters. The Bertz CT molecular complexity index is 768. The highest BCUT2D eigenvalue weighted by molar-refractivity contribution is 7.92. The van der Waals surface area contributed by atoms with Gasteiger partial charge in [0.05, 0.1) is 11.4 Å². The Morgan fingerprint density at radius 3 is 2.55 bits per heavy atom. The SMILES string of the molecule is Cc1ccc(O)c(NS(=O)(=O)c2c(C)nn(C)c2F)c1. The predicted octanol–water partition coefficient (Wildman–Crippen LogP) is 1.68. The van der Waals surface area contributed by atoms with Crippen molar-refractivity contribution in [1.29, 1.82) is 0 Å². The first-order valence-corrected chi connectivity index (χ1v) is 7.22. The minimum absolute atomic E-state index is 0.00680. The number of phenols is 1. The second-order valence-electron chi connectivity index (χ2n) is 4.46. The third kappa shape index (κ3) is 2.46. The highest BCUT2D eigenvalue weighted by Gasteiger charge is 2.27. The van der Waals surface area contributed by atoms with Crippen molar-refractivity contribution >= 4 is 15.7 Å². The Hall–Kier alpha value is -2.09. The van der Waals surface area contributed by atoms with Gasteiger partial charge in [-0.15, -0.1) is 0 Å². The standard InChI is InChI=1S/C12H14FN3O3S/c1-7-4-5-10(17)9(6-7)15-20(18,19)11-8(2)14-16(3)12(11)13/h4-6,15,17H,1-3H3. The second kappa shape index (κ2) is 4.78. The molecule has 1 heterocycles. The molecule has 0 saturated carbocycles. The molecule has 0 atom stereocenters. The van der Waals surface area contributed by atoms with Gasteiger partial charge in [0.1, 0.15) is 5.75 Å². The number of rotatable bonds is 3. The van der Waals surface area contributed by atoms with E-state index in [0.29, 0.717) is 0 Å². The molecule has 6 nitrogen and oxygen atoms in total. The van der Waals surface area contributed by atoms with Gasteiger partial charge in [0.15, 0.2) is 4.90 Å². The van der Waals surface area contributed by atoms with E-state index in [1.807, 2.05) is 0 Å². The van der Waals surface area contributed by atoms with Crippen LogP contribution in [0.1, 0.15) is 11.3 Å². The van der Waals surface area contributed by atoms with Crippen molar-refractivity contribution in [2.45, 2.75) is 18.7 Å². The van der Waals surface area contributed by atoms with Crippen molar-refractivity contribution < 1.29 is 17.9 Å². The Labute approximate surface area is 115 Å². The van der Waals surface area contributed by atoms with Gasteiger partial charge in [-0.3, -0.25) is 4.72 Å². The number of nitrogens with zero attached hydrogens (tertiary/aromatic N) is 2. The lowest BCUT2D eigenvalue weighted by Crippen LogP contribution is -2.15. The lowest BCUT2D eigenvalue weighted by molar-refractivity contribution is 0.476. The van der Waals surface area contributed by atoms with Gasteiger partial charge in [-0.2, -0.15) is 9.49 Å². The molecule has 108 valence electrons. The highest BCUT2D eigenvalue weighted by Crippen LogP contribution is 2.28. The topological polar surface area (TPSA) is 84.2 Å². The van der Waals surface area contributed by atoms with E-state index in [2.05, 4.69) is 9.82 Å². The van der Waals surface area contributed by atoms with Gasteiger partial charge >= 0.3 is 0 Å². The molecule has 0 aliphatic carbocycles. The lowest BCUT2D eigenvalue weighted by atomic mass is 10.2. The van der Waals surface area contributed by atoms with Crippen molar-refractivity contribution in [2.75, 3.05) is 4.72 Å². The summed E-state index contributed by atoms with van der Waals surface area (Å²) in [6, 6.07) is 4.44. The summed E-state index contributed by atoms with van der Waals surface area (Å²) >= 11 is 0. The van der Waals surface area contributed by atoms with E-state index in [1.165, 1.54) is 26.1 Å². The molecule has 0 aliphatic rings. The zero-order valence-corrected chi connectivity index (χ0v) is 12.0. The molecule has 2 N–H and O–H groups in total. The summed E-state index contributed by atoms with van der Waals surface area (Å²) in [6.07, 6.45) is 0. The van der Waals surface area contributed by atoms with Crippen LogP contribution in [0.15, 0.2) is 23.1 Å². The average molecular weight is 299 g/mol. The Kier molecular flexibility index (Phi) is 3.43. The first kappa shape index (κ1) is 14.3. The number of benzene rings is 1. The number of aromatic hydroxyl groups is 1. The molecule has 0 bridgehead atoms. The number of aryl methyl sites for hydroxylation is 3. The first-order chi connectivity index (χ1) is 9.22. The molecule has 0 aliphatic heterocycles. The zero-order valence-electron chi connectivity index (χ0n) is 11.2. The van der Waals surface area contributed by atoms with Gasteiger partial charge in [-0.1, -0.05) is 6.07 Å². The van der Waals surface area contributed by atoms with E-state index in [9.17, 15) is 17.9 Å². The molecule has 0 radical (unpaired) electrons. The Morgan fingerprint density at radius 2 is 2.00 bits per heavy atom. The monoisotopic (exact) mass is 299 g/mol. The summed E-state index contributed by atoms with van der Waals surface area (Å²) < 4.78 is 41.2. The van der Waals surface area contributed by atoms with Crippen LogP contribution in [0.5, 0.6) is 5.75 Å². The van der Waals surface area contributed by atoms with Crippen LogP contribution in [0.3, 0.4) is 0 Å². The quantitative estimate of drug-likeness (QED) is 0.845. The molecular formula is C12H14FN3O3S. The summed E-state index contributed by atoms with van der Waals surface area (Å²) in [5, 5.41) is 13.4. The summed E-state index contributed by atoms with van der Waals surface area (Å²) in [6.45, 7) is 3.14.